The monoisotopic (exact) mass is 376 g/mol. The van der Waals surface area contributed by atoms with Crippen molar-refractivity contribution in [2.75, 3.05) is 0 Å². The van der Waals surface area contributed by atoms with Crippen molar-refractivity contribution in [1.82, 2.24) is 0 Å². The van der Waals surface area contributed by atoms with E-state index < -0.39 is 22.3 Å². The number of hydrogen-bond acceptors (Lipinski definition) is 4. The Balaban J connectivity index is 0.000000295. The molecule has 0 saturated heterocycles. The lowest BCUT2D eigenvalue weighted by molar-refractivity contribution is -0.192. The maximum absolute atomic E-state index is 11.0. The third-order valence-electron chi connectivity index (χ3n) is 2.33. The first kappa shape index (κ1) is 18.7. The van der Waals surface area contributed by atoms with Crippen LogP contribution in [-0.4, -0.2) is 30.2 Å². The van der Waals surface area contributed by atoms with Crippen molar-refractivity contribution >= 4 is 49.1 Å². The van der Waals surface area contributed by atoms with Crippen LogP contribution in [0, 0.1) is 6.92 Å². The predicted octanol–water partition coefficient (Wildman–Crippen LogP) is 3.74. The van der Waals surface area contributed by atoms with E-state index >= 15 is 0 Å². The Morgan fingerprint density at radius 1 is 1.32 bits per heavy atom. The van der Waals surface area contributed by atoms with Crippen LogP contribution in [0.1, 0.15) is 5.56 Å². The molecule has 122 valence electrons. The number of alkyl halides is 3. The van der Waals surface area contributed by atoms with Crippen LogP contribution in [0.3, 0.4) is 0 Å². The molecule has 0 atom stereocenters. The van der Waals surface area contributed by atoms with E-state index in [0.29, 0.717) is 10.6 Å². The quantitative estimate of drug-likeness (QED) is 0.740. The van der Waals surface area contributed by atoms with Gasteiger partial charge < -0.3 is 5.11 Å². The number of fused-ring (bicyclic) bond motifs is 1. The molecule has 1 aromatic carbocycles. The summed E-state index contributed by atoms with van der Waals surface area (Å²) in [6, 6.07) is 5.12. The largest absolute Gasteiger partial charge is 0.490 e. The highest BCUT2D eigenvalue weighted by atomic mass is 35.5. The zero-order valence-electron chi connectivity index (χ0n) is 10.7. The summed E-state index contributed by atoms with van der Waals surface area (Å²) in [5.74, 6) is -2.76. The molecule has 5 nitrogen and oxygen atoms in total. The van der Waals surface area contributed by atoms with Gasteiger partial charge >= 0.3 is 22.3 Å². The van der Waals surface area contributed by atoms with Gasteiger partial charge in [-0.1, -0.05) is 11.6 Å². The van der Waals surface area contributed by atoms with Gasteiger partial charge in [0.2, 0.25) is 0 Å². The fraction of sp³-hybridized carbons (Fsp3) is 0.182. The molecule has 11 heteroatoms. The molecule has 0 amide bonds. The Labute approximate surface area is 131 Å². The number of carbonyl (C=O) groups is 1. The molecule has 0 spiro atoms. The van der Waals surface area contributed by atoms with Crippen LogP contribution in [0.25, 0.3) is 10.1 Å². The van der Waals surface area contributed by atoms with Gasteiger partial charge in [0, 0.05) is 9.72 Å². The second kappa shape index (κ2) is 6.41. The highest BCUT2D eigenvalue weighted by Crippen LogP contribution is 2.35. The Hall–Kier alpha value is -1.36. The second-order valence-electron chi connectivity index (χ2n) is 3.93. The molecule has 0 unspecified atom stereocenters. The summed E-state index contributed by atoms with van der Waals surface area (Å²) in [6.45, 7) is 1.65. The first-order valence-electron chi connectivity index (χ1n) is 5.30. The third-order valence-corrected chi connectivity index (χ3v) is 5.29. The van der Waals surface area contributed by atoms with E-state index in [0.717, 1.165) is 21.4 Å². The van der Waals surface area contributed by atoms with E-state index in [1.165, 1.54) is 0 Å². The van der Waals surface area contributed by atoms with Gasteiger partial charge in [-0.15, -0.1) is 11.3 Å². The summed E-state index contributed by atoms with van der Waals surface area (Å²) >= 11 is 6.85. The average Bonchev–Trinajstić information content (AvgIpc) is 2.66. The topological polar surface area (TPSA) is 91.7 Å². The molecule has 0 saturated carbocycles. The van der Waals surface area contributed by atoms with Crippen molar-refractivity contribution in [2.24, 2.45) is 0 Å². The Morgan fingerprint density at radius 3 is 2.23 bits per heavy atom. The highest BCUT2D eigenvalue weighted by molar-refractivity contribution is 7.88. The van der Waals surface area contributed by atoms with Gasteiger partial charge in [-0.05, 0) is 36.1 Å². The number of carboxylic acid groups (broad SMARTS) is 1. The standard InChI is InChI=1S/C9H7ClO3S2.C2HF3O2/c1-5-7-4-6(10)2-3-8(7)14-9(5)15(11,12)13;3-2(4,5)1(6)7/h2-4H,1H3,(H,11,12,13);(H,6,7). The summed E-state index contributed by atoms with van der Waals surface area (Å²) in [6.07, 6.45) is -5.08. The first-order chi connectivity index (χ1) is 9.84. The highest BCUT2D eigenvalue weighted by Gasteiger charge is 2.38. The van der Waals surface area contributed by atoms with E-state index in [1.807, 2.05) is 0 Å². The number of halogens is 4. The minimum absolute atomic E-state index is 0.0141. The molecular formula is C11H8ClF3O5S2. The van der Waals surface area contributed by atoms with Crippen molar-refractivity contribution in [1.29, 1.82) is 0 Å². The zero-order valence-corrected chi connectivity index (χ0v) is 13.1. The molecule has 0 radical (unpaired) electrons. The van der Waals surface area contributed by atoms with Gasteiger partial charge in [0.25, 0.3) is 0 Å². The molecular weight excluding hydrogens is 369 g/mol. The molecule has 0 aliphatic carbocycles. The van der Waals surface area contributed by atoms with E-state index in [2.05, 4.69) is 0 Å². The number of carboxylic acids is 1. The molecule has 1 heterocycles. The molecule has 0 aliphatic heterocycles. The molecule has 0 bridgehead atoms. The predicted molar refractivity (Wildman–Crippen MR) is 75.1 cm³/mol. The maximum Gasteiger partial charge on any atom is 0.490 e. The Morgan fingerprint density at radius 2 is 1.82 bits per heavy atom. The van der Waals surface area contributed by atoms with Gasteiger partial charge in [-0.3, -0.25) is 4.55 Å². The summed E-state index contributed by atoms with van der Waals surface area (Å²) < 4.78 is 63.6. The molecule has 2 aromatic rings. The normalized spacial score (nSPS) is 11.9. The average molecular weight is 377 g/mol. The smallest absolute Gasteiger partial charge is 0.475 e. The second-order valence-corrected chi connectivity index (χ2v) is 7.04. The van der Waals surface area contributed by atoms with Crippen molar-refractivity contribution in [2.45, 2.75) is 17.3 Å². The third kappa shape index (κ3) is 4.57. The molecule has 0 aliphatic rings. The molecule has 2 N–H and O–H groups in total. The van der Waals surface area contributed by atoms with E-state index in [-0.39, 0.29) is 4.21 Å². The summed E-state index contributed by atoms with van der Waals surface area (Å²) in [5.41, 5.74) is 0.542. The fourth-order valence-corrected chi connectivity index (χ4v) is 3.70. The maximum atomic E-state index is 11.0. The first-order valence-corrected chi connectivity index (χ1v) is 7.93. The van der Waals surface area contributed by atoms with Crippen LogP contribution in [0.2, 0.25) is 5.02 Å². The minimum atomic E-state index is -5.08. The van der Waals surface area contributed by atoms with Gasteiger partial charge in [0.05, 0.1) is 0 Å². The zero-order chi connectivity index (χ0) is 17.3. The summed E-state index contributed by atoms with van der Waals surface area (Å²) in [4.78, 5) is 8.90. The van der Waals surface area contributed by atoms with E-state index in [4.69, 9.17) is 26.1 Å². The number of aliphatic carboxylic acids is 1. The van der Waals surface area contributed by atoms with Crippen molar-refractivity contribution in [3.8, 4) is 0 Å². The van der Waals surface area contributed by atoms with Gasteiger partial charge in [-0.2, -0.15) is 21.6 Å². The SMILES string of the molecule is Cc1c(S(=O)(=O)O)sc2ccc(Cl)cc12.O=C(O)C(F)(F)F. The lowest BCUT2D eigenvalue weighted by Gasteiger charge is -1.94. The number of rotatable bonds is 1. The number of aryl methyl sites for hydroxylation is 1. The summed E-state index contributed by atoms with van der Waals surface area (Å²) in [7, 11) is -4.13. The van der Waals surface area contributed by atoms with E-state index in [9.17, 15) is 21.6 Å². The van der Waals surface area contributed by atoms with Crippen LogP contribution in [-0.2, 0) is 14.9 Å². The van der Waals surface area contributed by atoms with Gasteiger partial charge in [0.1, 0.15) is 0 Å². The van der Waals surface area contributed by atoms with Crippen LogP contribution >= 0.6 is 22.9 Å². The number of hydrogen-bond donors (Lipinski definition) is 2. The molecule has 0 fully saturated rings. The van der Waals surface area contributed by atoms with Crippen molar-refractivity contribution < 1.29 is 36.0 Å². The van der Waals surface area contributed by atoms with Crippen LogP contribution in [0.15, 0.2) is 22.4 Å². The molecule has 1 aromatic heterocycles. The fourth-order valence-electron chi connectivity index (χ4n) is 1.42. The van der Waals surface area contributed by atoms with E-state index in [1.54, 1.807) is 25.1 Å². The Bertz CT molecular complexity index is 811. The van der Waals surface area contributed by atoms with Crippen LogP contribution in [0.5, 0.6) is 0 Å². The molecule has 22 heavy (non-hydrogen) atoms. The van der Waals surface area contributed by atoms with Gasteiger partial charge in [0.15, 0.2) is 4.21 Å². The number of benzene rings is 1. The van der Waals surface area contributed by atoms with Crippen LogP contribution < -0.4 is 0 Å². The lowest BCUT2D eigenvalue weighted by Crippen LogP contribution is -2.21. The van der Waals surface area contributed by atoms with Crippen molar-refractivity contribution in [3.63, 3.8) is 0 Å². The number of thiophene rings is 1. The minimum Gasteiger partial charge on any atom is -0.475 e. The van der Waals surface area contributed by atoms with Gasteiger partial charge in [-0.25, -0.2) is 4.79 Å². The molecule has 2 rings (SSSR count). The summed E-state index contributed by atoms with van der Waals surface area (Å²) in [5, 5.41) is 8.44. The lowest BCUT2D eigenvalue weighted by atomic mass is 10.2. The van der Waals surface area contributed by atoms with Crippen LogP contribution in [0.4, 0.5) is 13.2 Å². The van der Waals surface area contributed by atoms with Crippen molar-refractivity contribution in [3.05, 3.63) is 28.8 Å². The Kier molecular flexibility index (Phi) is 5.44.